The number of alkyl halides is 3. The highest BCUT2D eigenvalue weighted by molar-refractivity contribution is 7.90. The van der Waals surface area contributed by atoms with Gasteiger partial charge in [0.15, 0.2) is 9.99 Å². The predicted octanol–water partition coefficient (Wildman–Crippen LogP) is 2.24. The van der Waals surface area contributed by atoms with Crippen molar-refractivity contribution < 1.29 is 26.4 Å². The van der Waals surface area contributed by atoms with E-state index in [0.29, 0.717) is 23.3 Å². The lowest BCUT2D eigenvalue weighted by Gasteiger charge is -2.08. The maximum atomic E-state index is 12.5. The number of thiazole rings is 1. The van der Waals surface area contributed by atoms with Gasteiger partial charge >= 0.3 is 6.18 Å². The van der Waals surface area contributed by atoms with Gasteiger partial charge in [-0.2, -0.15) is 21.6 Å². The van der Waals surface area contributed by atoms with Crippen molar-refractivity contribution in [1.82, 2.24) is 19.1 Å². The van der Waals surface area contributed by atoms with E-state index >= 15 is 0 Å². The average molecular weight is 390 g/mol. The topological polar surface area (TPSA) is 93.4 Å². The Morgan fingerprint density at radius 1 is 1.28 bits per heavy atom. The fourth-order valence-electron chi connectivity index (χ4n) is 1.95. The van der Waals surface area contributed by atoms with Crippen LogP contribution in [0.2, 0.25) is 0 Å². The maximum absolute atomic E-state index is 12.5. The number of halogens is 3. The van der Waals surface area contributed by atoms with E-state index in [1.54, 1.807) is 22.2 Å². The third kappa shape index (κ3) is 3.49. The molecule has 3 aromatic heterocycles. The fourth-order valence-corrected chi connectivity index (χ4v) is 3.82. The molecule has 0 unspecified atom stereocenters. The molecule has 0 saturated heterocycles. The molecule has 0 atom stereocenters. The molecule has 7 nitrogen and oxygen atoms in total. The molecular weight excluding hydrogens is 381 g/mol. The molecule has 0 spiro atoms. The molecule has 3 rings (SSSR count). The largest absolute Gasteiger partial charge is 0.417 e. The number of nitrogens with zero attached hydrogens (tertiary/aromatic N) is 3. The van der Waals surface area contributed by atoms with Crippen LogP contribution in [0.25, 0.3) is 4.96 Å². The van der Waals surface area contributed by atoms with E-state index in [1.807, 2.05) is 0 Å². The summed E-state index contributed by atoms with van der Waals surface area (Å²) in [7, 11) is -4.40. The molecule has 0 saturated carbocycles. The van der Waals surface area contributed by atoms with Crippen LogP contribution in [0.5, 0.6) is 0 Å². The third-order valence-corrected chi connectivity index (χ3v) is 5.31. The molecule has 0 fully saturated rings. The third-order valence-electron chi connectivity index (χ3n) is 3.07. The van der Waals surface area contributed by atoms with Crippen LogP contribution in [0.1, 0.15) is 20.9 Å². The van der Waals surface area contributed by atoms with Crippen LogP contribution in [0.3, 0.4) is 0 Å². The molecule has 3 aromatic rings. The summed E-state index contributed by atoms with van der Waals surface area (Å²) in [6.07, 6.45) is -1.18. The summed E-state index contributed by atoms with van der Waals surface area (Å²) in [6, 6.07) is 1.26. The zero-order valence-corrected chi connectivity index (χ0v) is 14.0. The molecule has 0 aliphatic heterocycles. The van der Waals surface area contributed by atoms with Gasteiger partial charge in [0.25, 0.3) is 15.9 Å². The second kappa shape index (κ2) is 5.81. The number of pyridine rings is 1. The molecule has 0 aliphatic rings. The molecule has 1 N–H and O–H groups in total. The highest BCUT2D eigenvalue weighted by Crippen LogP contribution is 2.28. The summed E-state index contributed by atoms with van der Waals surface area (Å²) < 4.78 is 65.0. The number of nitrogens with one attached hydrogen (secondary N) is 1. The van der Waals surface area contributed by atoms with Crippen LogP contribution in [-0.2, 0) is 16.2 Å². The smallest absolute Gasteiger partial charge is 0.297 e. The van der Waals surface area contributed by atoms with Crippen molar-refractivity contribution in [3.8, 4) is 0 Å². The lowest BCUT2D eigenvalue weighted by atomic mass is 10.3. The lowest BCUT2D eigenvalue weighted by molar-refractivity contribution is -0.137. The van der Waals surface area contributed by atoms with Gasteiger partial charge in [0.05, 0.1) is 11.3 Å². The highest BCUT2D eigenvalue weighted by atomic mass is 32.2. The van der Waals surface area contributed by atoms with Gasteiger partial charge in [-0.25, -0.2) is 14.7 Å². The molecule has 0 bridgehead atoms. The van der Waals surface area contributed by atoms with E-state index < -0.39 is 32.7 Å². The van der Waals surface area contributed by atoms with E-state index in [1.165, 1.54) is 6.20 Å². The van der Waals surface area contributed by atoms with E-state index in [2.05, 4.69) is 9.97 Å². The summed E-state index contributed by atoms with van der Waals surface area (Å²) in [5.41, 5.74) is -0.354. The van der Waals surface area contributed by atoms with Gasteiger partial charge in [-0.1, -0.05) is 11.3 Å². The zero-order valence-electron chi connectivity index (χ0n) is 12.4. The molecular formula is C13H9F3N4O3S2. The summed E-state index contributed by atoms with van der Waals surface area (Å²) in [6.45, 7) is 1.76. The number of imidazole rings is 1. The van der Waals surface area contributed by atoms with Gasteiger partial charge in [0, 0.05) is 18.6 Å². The molecule has 1 amide bonds. The Kier molecular flexibility index (Phi) is 4.03. The Morgan fingerprint density at radius 2 is 2.00 bits per heavy atom. The monoisotopic (exact) mass is 390 g/mol. The second-order valence-corrected chi connectivity index (χ2v) is 7.62. The zero-order chi connectivity index (χ0) is 18.4. The molecule has 132 valence electrons. The molecule has 0 radical (unpaired) electrons. The number of carbonyl (C=O) groups excluding carboxylic acids is 1. The van der Waals surface area contributed by atoms with Crippen molar-refractivity contribution >= 4 is 32.2 Å². The van der Waals surface area contributed by atoms with Gasteiger partial charge in [-0.05, 0) is 19.1 Å². The number of sulfonamides is 1. The van der Waals surface area contributed by atoms with Crippen molar-refractivity contribution in [3.63, 3.8) is 0 Å². The first-order valence-electron chi connectivity index (χ1n) is 6.62. The van der Waals surface area contributed by atoms with Crippen LogP contribution >= 0.6 is 11.3 Å². The first kappa shape index (κ1) is 17.4. The number of rotatable bonds is 3. The molecule has 0 aliphatic carbocycles. The Morgan fingerprint density at radius 3 is 2.56 bits per heavy atom. The van der Waals surface area contributed by atoms with Crippen molar-refractivity contribution in [2.24, 2.45) is 0 Å². The minimum Gasteiger partial charge on any atom is -0.297 e. The quantitative estimate of drug-likeness (QED) is 0.740. The number of amides is 1. The number of fused-ring (bicyclic) bond motifs is 1. The van der Waals surface area contributed by atoms with Gasteiger partial charge in [-0.3, -0.25) is 9.20 Å². The standard InChI is InChI=1S/C13H9F3N4O3S2/c1-7-5-20-6-9(24-12(20)18-7)11(21)19-25(22,23)10-3-2-8(4-17-10)13(14,15)16/h2-6H,1H3,(H,19,21). The van der Waals surface area contributed by atoms with Gasteiger partial charge in [0.2, 0.25) is 0 Å². The second-order valence-electron chi connectivity index (χ2n) is 4.99. The minimum atomic E-state index is -4.64. The first-order valence-corrected chi connectivity index (χ1v) is 8.92. The van der Waals surface area contributed by atoms with Crippen molar-refractivity contribution in [2.75, 3.05) is 0 Å². The summed E-state index contributed by atoms with van der Waals surface area (Å²) in [5.74, 6) is -0.921. The van der Waals surface area contributed by atoms with E-state index in [0.717, 1.165) is 17.0 Å². The summed E-state index contributed by atoms with van der Waals surface area (Å²) in [4.78, 5) is 20.1. The highest BCUT2D eigenvalue weighted by Gasteiger charge is 2.31. The SMILES string of the molecule is Cc1cn2cc(C(=O)NS(=O)(=O)c3ccc(C(F)(F)F)cn3)sc2n1. The van der Waals surface area contributed by atoms with Crippen molar-refractivity contribution in [1.29, 1.82) is 0 Å². The average Bonchev–Trinajstić information content (AvgIpc) is 3.03. The van der Waals surface area contributed by atoms with Gasteiger partial charge in [0.1, 0.15) is 4.88 Å². The lowest BCUT2D eigenvalue weighted by Crippen LogP contribution is -2.30. The van der Waals surface area contributed by atoms with E-state index in [9.17, 15) is 26.4 Å². The molecule has 0 aromatic carbocycles. The molecule has 12 heteroatoms. The van der Waals surface area contributed by atoms with E-state index in [4.69, 9.17) is 0 Å². The molecule has 3 heterocycles. The van der Waals surface area contributed by atoms with Crippen molar-refractivity contribution in [3.05, 3.63) is 46.9 Å². The maximum Gasteiger partial charge on any atom is 0.417 e. The summed E-state index contributed by atoms with van der Waals surface area (Å²) in [5, 5.41) is -0.689. The Balaban J connectivity index is 1.82. The van der Waals surface area contributed by atoms with Crippen LogP contribution in [0, 0.1) is 6.92 Å². The van der Waals surface area contributed by atoms with E-state index in [-0.39, 0.29) is 4.88 Å². The van der Waals surface area contributed by atoms with Gasteiger partial charge < -0.3 is 0 Å². The van der Waals surface area contributed by atoms with Crippen LogP contribution in [0.15, 0.2) is 35.7 Å². The first-order chi connectivity index (χ1) is 11.6. The summed E-state index contributed by atoms with van der Waals surface area (Å²) >= 11 is 0.974. The normalized spacial score (nSPS) is 12.5. The molecule has 25 heavy (non-hydrogen) atoms. The van der Waals surface area contributed by atoms with Crippen LogP contribution in [0.4, 0.5) is 13.2 Å². The Labute approximate surface area is 143 Å². The van der Waals surface area contributed by atoms with Crippen LogP contribution < -0.4 is 4.72 Å². The van der Waals surface area contributed by atoms with Gasteiger partial charge in [-0.15, -0.1) is 0 Å². The Hall–Kier alpha value is -2.47. The number of hydrogen-bond donors (Lipinski definition) is 1. The number of carbonyl (C=O) groups is 1. The number of hydrogen-bond acceptors (Lipinski definition) is 6. The minimum absolute atomic E-state index is 0.0815. The Bertz CT molecular complexity index is 1020. The number of aryl methyl sites for hydroxylation is 1. The fraction of sp³-hybridized carbons (Fsp3) is 0.154. The number of aromatic nitrogens is 3. The van der Waals surface area contributed by atoms with Crippen LogP contribution in [-0.4, -0.2) is 28.7 Å². The predicted molar refractivity (Wildman–Crippen MR) is 81.7 cm³/mol. The van der Waals surface area contributed by atoms with Crippen molar-refractivity contribution in [2.45, 2.75) is 18.1 Å².